The Hall–Kier alpha value is 34.1. The van der Waals surface area contributed by atoms with Crippen LogP contribution in [0.2, 0.25) is 0 Å². The van der Waals surface area contributed by atoms with Crippen molar-refractivity contribution in [3.8, 4) is 0 Å². The number of hydrogen-bond acceptors (Lipinski definition) is 16. The molecule has 90 heavy (non-hydrogen) atoms. The summed E-state index contributed by atoms with van der Waals surface area (Å²) in [5.74, 6) is -17.2. The summed E-state index contributed by atoms with van der Waals surface area (Å²) in [5, 5.41) is 126. The third-order valence-corrected chi connectivity index (χ3v) is 4.42. The fraction of sp³-hybridized carbons (Fsp3) is 0.500. The van der Waals surface area contributed by atoms with E-state index in [-0.39, 0.29) is 1440 Å². The summed E-state index contributed by atoms with van der Waals surface area (Å²) < 4.78 is 0. The fourth-order valence-corrected chi connectivity index (χ4v) is 1.71. The summed E-state index contributed by atoms with van der Waals surface area (Å²) in [6.07, 6.45) is -4.74. The van der Waals surface area contributed by atoms with Gasteiger partial charge in [0.15, 0.2) is 0 Å². The van der Waals surface area contributed by atoms with Crippen molar-refractivity contribution >= 4 is 95.5 Å². The fourth-order valence-electron chi connectivity index (χ4n) is 1.71. The Bertz CT molecular complexity index is 1150. The summed E-state index contributed by atoms with van der Waals surface area (Å²) in [6.45, 7) is 0. The van der Waals surface area contributed by atoms with Crippen LogP contribution >= 0.6 is 0 Å². The Morgan fingerprint density at radius 2 is 0.122 bits per heavy atom. The molecule has 0 aliphatic rings. The van der Waals surface area contributed by atoms with Gasteiger partial charge in [-0.05, 0) is 0 Å². The number of carboxylic acid groups (broad SMARTS) is 16. The van der Waals surface area contributed by atoms with Gasteiger partial charge in [-0.1, -0.05) is 0 Å². The maximum Gasteiger partial charge on any atom is 1.00 e. The van der Waals surface area contributed by atoms with Crippen LogP contribution in [0, 0.1) is 0 Å². The molecule has 0 fully saturated rings. The van der Waals surface area contributed by atoms with Gasteiger partial charge in [-0.2, -0.15) is 0 Å². The zero-order valence-corrected chi connectivity index (χ0v) is 140. The standard InChI is InChI=1S/8C4H6O4.26K/c8*5-3(6)1-2-4(7)8;;;;;;;;;;;;;;;;;;;;;;;;;;/h8*1-2H2,(H,5,6)(H,7,8);;;;;;;;;;;;;;;;;;;;;;;;;;/q;;;;;;;;26*+1. The van der Waals surface area contributed by atoms with Crippen molar-refractivity contribution in [2.75, 3.05) is 0 Å². The zero-order chi connectivity index (χ0) is 52.6. The van der Waals surface area contributed by atoms with Crippen LogP contribution in [0.3, 0.4) is 0 Å². The molecule has 32 nitrogen and oxygen atoms in total. The van der Waals surface area contributed by atoms with Gasteiger partial charge in [0.1, 0.15) is 0 Å². The molecular weight excluding hydrogens is 1910 g/mol. The van der Waals surface area contributed by atoms with E-state index in [0.29, 0.717) is 0 Å². The average Bonchev–Trinajstić information content (AvgIpc) is 3.13. The SMILES string of the molecule is O=C(O)CCC(=O)O.O=C(O)CCC(=O)O.O=C(O)CCC(=O)O.O=C(O)CCC(=O)O.O=C(O)CCC(=O)O.O=C(O)CCC(=O)O.O=C(O)CCC(=O)O.O=C(O)CCC(=O)O.[K+].[K+].[K+].[K+].[K+].[K+].[K+].[K+].[K+].[K+].[K+].[K+].[K+].[K+].[K+].[K+].[K+].[K+].[K+].[K+].[K+].[K+].[K+].[K+].[K+].[K+]. The minimum atomic E-state index is -1.08. The molecule has 0 atom stereocenters. The number of carboxylic acids is 16. The van der Waals surface area contributed by atoms with E-state index in [1.54, 1.807) is 0 Å². The van der Waals surface area contributed by atoms with Gasteiger partial charge in [0.25, 0.3) is 0 Å². The molecule has 0 aliphatic heterocycles. The summed E-state index contributed by atoms with van der Waals surface area (Å²) in [7, 11) is 0. The molecule has 0 unspecified atom stereocenters. The molecule has 0 radical (unpaired) electrons. The van der Waals surface area contributed by atoms with Crippen molar-refractivity contribution in [1.82, 2.24) is 0 Å². The van der Waals surface area contributed by atoms with Crippen molar-refractivity contribution < 1.29 is 1490 Å². The molecule has 0 aliphatic carbocycles. The molecule has 0 aromatic carbocycles. The van der Waals surface area contributed by atoms with Crippen LogP contribution in [0.25, 0.3) is 0 Å². The summed E-state index contributed by atoms with van der Waals surface area (Å²) >= 11 is 0. The molecule has 0 rings (SSSR count). The van der Waals surface area contributed by atoms with Gasteiger partial charge in [0.05, 0.1) is 103 Å². The molecule has 368 valence electrons. The van der Waals surface area contributed by atoms with Crippen LogP contribution in [-0.2, 0) is 76.7 Å². The van der Waals surface area contributed by atoms with Gasteiger partial charge >= 0.3 is 1430 Å². The van der Waals surface area contributed by atoms with Crippen LogP contribution in [0.15, 0.2) is 0 Å². The Balaban J connectivity index is -0.0000000120. The normalized spacial score (nSPS) is 6.04. The molecule has 0 amide bonds. The molecule has 0 saturated heterocycles. The molecule has 0 heterocycles. The molecule has 16 N–H and O–H groups in total. The first-order valence-corrected chi connectivity index (χ1v) is 16.5. The molecule has 0 spiro atoms. The molecule has 0 aromatic heterocycles. The smallest absolute Gasteiger partial charge is 0.481 e. The molecule has 0 aromatic rings. The molecule has 58 heteroatoms. The maximum atomic E-state index is 9.64. The zero-order valence-electron chi connectivity index (χ0n) is 59.0. The number of rotatable bonds is 24. The second kappa shape index (κ2) is 191. The summed E-state index contributed by atoms with van der Waals surface area (Å²) in [4.78, 5) is 154. The minimum absolute atomic E-state index is 0. The summed E-state index contributed by atoms with van der Waals surface area (Å²) in [5.41, 5.74) is 0. The Labute approximate surface area is 1630 Å². The second-order valence-corrected chi connectivity index (χ2v) is 10.3. The Kier molecular flexibility index (Phi) is 491. The van der Waals surface area contributed by atoms with Gasteiger partial charge in [0.2, 0.25) is 0 Å². The largest absolute Gasteiger partial charge is 1.00 e. The van der Waals surface area contributed by atoms with E-state index in [0.717, 1.165) is 0 Å². The van der Waals surface area contributed by atoms with Crippen LogP contribution in [0.1, 0.15) is 103 Å². The van der Waals surface area contributed by atoms with E-state index >= 15 is 0 Å². The molecule has 0 bridgehead atoms. The second-order valence-electron chi connectivity index (χ2n) is 10.3. The molecular formula is C32H48K26O32+26. The van der Waals surface area contributed by atoms with Crippen LogP contribution in [0.5, 0.6) is 0 Å². The quantitative estimate of drug-likeness (QED) is 0.0399. The van der Waals surface area contributed by atoms with Crippen molar-refractivity contribution in [2.45, 2.75) is 103 Å². The average molecular weight is 1960 g/mol. The van der Waals surface area contributed by atoms with E-state index in [9.17, 15) is 76.7 Å². The van der Waals surface area contributed by atoms with Crippen LogP contribution in [-0.4, -0.2) is 177 Å². The predicted molar refractivity (Wildman–Crippen MR) is 196 cm³/mol. The first-order valence-electron chi connectivity index (χ1n) is 16.5. The van der Waals surface area contributed by atoms with Crippen molar-refractivity contribution in [3.05, 3.63) is 0 Å². The third-order valence-electron chi connectivity index (χ3n) is 4.42. The number of aliphatic carboxylic acids is 16. The van der Waals surface area contributed by atoms with Crippen LogP contribution in [0.4, 0.5) is 0 Å². The minimum Gasteiger partial charge on any atom is -0.481 e. The number of carbonyl (C=O) groups is 16. The monoisotopic (exact) mass is 1960 g/mol. The summed E-state index contributed by atoms with van der Waals surface area (Å²) in [6, 6.07) is 0. The van der Waals surface area contributed by atoms with E-state index < -0.39 is 95.5 Å². The molecule has 0 saturated carbocycles. The van der Waals surface area contributed by atoms with E-state index in [2.05, 4.69) is 0 Å². The van der Waals surface area contributed by atoms with Crippen LogP contribution < -0.4 is 1340 Å². The van der Waals surface area contributed by atoms with E-state index in [1.807, 2.05) is 0 Å². The third kappa shape index (κ3) is 326. The van der Waals surface area contributed by atoms with Gasteiger partial charge in [-0.15, -0.1) is 0 Å². The Morgan fingerprint density at radius 1 is 0.100 bits per heavy atom. The topological polar surface area (TPSA) is 597 Å². The van der Waals surface area contributed by atoms with Gasteiger partial charge in [0, 0.05) is 0 Å². The Morgan fingerprint density at radius 3 is 0.133 bits per heavy atom. The van der Waals surface area contributed by atoms with Gasteiger partial charge in [-0.25, -0.2) is 0 Å². The maximum absolute atomic E-state index is 9.64. The van der Waals surface area contributed by atoms with Gasteiger partial charge in [-0.3, -0.25) is 76.7 Å². The first-order chi connectivity index (χ1) is 29.0. The predicted octanol–water partition coefficient (Wildman–Crippen LogP) is -78.4. The first kappa shape index (κ1) is 232. The van der Waals surface area contributed by atoms with E-state index in [1.165, 1.54) is 0 Å². The van der Waals surface area contributed by atoms with Crippen molar-refractivity contribution in [3.63, 3.8) is 0 Å². The number of hydrogen-bond donors (Lipinski definition) is 16. The van der Waals surface area contributed by atoms with Crippen molar-refractivity contribution in [2.24, 2.45) is 0 Å². The van der Waals surface area contributed by atoms with Crippen molar-refractivity contribution in [1.29, 1.82) is 0 Å². The van der Waals surface area contributed by atoms with Gasteiger partial charge < -0.3 is 81.7 Å². The van der Waals surface area contributed by atoms with E-state index in [4.69, 9.17) is 81.7 Å².